The Balaban J connectivity index is 2.07. The largest absolute Gasteiger partial charge is 0.493 e. The van der Waals surface area contributed by atoms with Gasteiger partial charge in [-0.15, -0.1) is 0 Å². The molecule has 0 bridgehead atoms. The third-order valence-corrected chi connectivity index (χ3v) is 5.08. The van der Waals surface area contributed by atoms with E-state index in [2.05, 4.69) is 0 Å². The summed E-state index contributed by atoms with van der Waals surface area (Å²) in [5, 5.41) is 0. The molecule has 9 heteroatoms. The van der Waals surface area contributed by atoms with E-state index >= 15 is 0 Å². The molecule has 0 fully saturated rings. The fraction of sp³-hybridized carbons (Fsp3) is 0.250. The lowest BCUT2D eigenvalue weighted by Gasteiger charge is -2.12. The van der Waals surface area contributed by atoms with Crippen molar-refractivity contribution in [2.24, 2.45) is 0 Å². The van der Waals surface area contributed by atoms with Gasteiger partial charge in [0, 0.05) is 5.56 Å². The van der Waals surface area contributed by atoms with Crippen molar-refractivity contribution in [1.82, 2.24) is 0 Å². The molecule has 0 radical (unpaired) electrons. The minimum absolute atomic E-state index is 0.195. The van der Waals surface area contributed by atoms with E-state index in [4.69, 9.17) is 13.8 Å². The first kappa shape index (κ1) is 19.4. The van der Waals surface area contributed by atoms with E-state index in [0.29, 0.717) is 17.7 Å². The molecule has 0 heterocycles. The summed E-state index contributed by atoms with van der Waals surface area (Å²) in [5.41, 5.74) is 1.44. The highest BCUT2D eigenvalue weighted by atomic mass is 32.2. The first-order valence-corrected chi connectivity index (χ1v) is 10.5. The minimum Gasteiger partial charge on any atom is -0.493 e. The van der Waals surface area contributed by atoms with E-state index in [9.17, 15) is 16.8 Å². The number of benzene rings is 2. The van der Waals surface area contributed by atoms with Crippen LogP contribution in [0.1, 0.15) is 12.8 Å². The molecule has 0 saturated carbocycles. The molecular formula is C16H18O7S2. The summed E-state index contributed by atoms with van der Waals surface area (Å²) in [6.07, 6.45) is 0.736. The summed E-state index contributed by atoms with van der Waals surface area (Å²) in [6.45, 7) is 0.273. The molecule has 2 N–H and O–H groups in total. The summed E-state index contributed by atoms with van der Waals surface area (Å²) in [6, 6.07) is 12.8. The minimum atomic E-state index is -4.25. The van der Waals surface area contributed by atoms with Crippen LogP contribution in [0.25, 0.3) is 11.1 Å². The van der Waals surface area contributed by atoms with Crippen molar-refractivity contribution in [3.05, 3.63) is 48.5 Å². The Morgan fingerprint density at radius 3 is 2.08 bits per heavy atom. The third-order valence-electron chi connectivity index (χ3n) is 3.40. The molecule has 7 nitrogen and oxygen atoms in total. The number of hydrogen-bond acceptors (Lipinski definition) is 5. The number of hydrogen-bond donors (Lipinski definition) is 2. The smallest absolute Gasteiger partial charge is 0.294 e. The van der Waals surface area contributed by atoms with Crippen molar-refractivity contribution < 1.29 is 30.7 Å². The lowest BCUT2D eigenvalue weighted by atomic mass is 10.0. The van der Waals surface area contributed by atoms with Gasteiger partial charge in [0.1, 0.15) is 5.75 Å². The Hall–Kier alpha value is -1.94. The van der Waals surface area contributed by atoms with E-state index < -0.39 is 20.2 Å². The van der Waals surface area contributed by atoms with Crippen LogP contribution in [0.4, 0.5) is 0 Å². The van der Waals surface area contributed by atoms with Gasteiger partial charge < -0.3 is 4.74 Å². The molecule has 2 aromatic rings. The van der Waals surface area contributed by atoms with Crippen LogP contribution >= 0.6 is 0 Å². The zero-order chi connectivity index (χ0) is 18.5. The molecule has 2 rings (SSSR count). The second-order valence-corrected chi connectivity index (χ2v) is 8.33. The molecule has 0 aliphatic carbocycles. The lowest BCUT2D eigenvalue weighted by molar-refractivity contribution is 0.310. The average Bonchev–Trinajstić information content (AvgIpc) is 2.53. The van der Waals surface area contributed by atoms with Gasteiger partial charge in [0.05, 0.1) is 17.3 Å². The molecule has 0 atom stereocenters. The zero-order valence-electron chi connectivity index (χ0n) is 13.2. The Labute approximate surface area is 146 Å². The molecule has 25 heavy (non-hydrogen) atoms. The first-order valence-electron chi connectivity index (χ1n) is 7.42. The molecule has 136 valence electrons. The summed E-state index contributed by atoms with van der Waals surface area (Å²) < 4.78 is 66.8. The van der Waals surface area contributed by atoms with Gasteiger partial charge in [-0.1, -0.05) is 30.3 Å². The molecule has 0 aliphatic heterocycles. The van der Waals surface area contributed by atoms with Crippen LogP contribution in [0.3, 0.4) is 0 Å². The molecule has 0 unspecified atom stereocenters. The Morgan fingerprint density at radius 1 is 0.840 bits per heavy atom. The van der Waals surface area contributed by atoms with Gasteiger partial charge in [-0.25, -0.2) is 0 Å². The monoisotopic (exact) mass is 386 g/mol. The van der Waals surface area contributed by atoms with Crippen molar-refractivity contribution in [2.75, 3.05) is 12.4 Å². The number of para-hydroxylation sites is 1. The number of ether oxygens (including phenoxy) is 1. The van der Waals surface area contributed by atoms with Crippen molar-refractivity contribution in [2.45, 2.75) is 17.7 Å². The van der Waals surface area contributed by atoms with Crippen LogP contribution in [0.15, 0.2) is 53.4 Å². The molecule has 2 aromatic carbocycles. The Morgan fingerprint density at radius 2 is 1.48 bits per heavy atom. The fourth-order valence-corrected chi connectivity index (χ4v) is 3.26. The highest BCUT2D eigenvalue weighted by molar-refractivity contribution is 7.86. The average molecular weight is 386 g/mol. The van der Waals surface area contributed by atoms with Crippen LogP contribution in [0.5, 0.6) is 5.75 Å². The summed E-state index contributed by atoms with van der Waals surface area (Å²) in [5.74, 6) is 0.253. The van der Waals surface area contributed by atoms with Gasteiger partial charge in [0.15, 0.2) is 0 Å². The van der Waals surface area contributed by atoms with Crippen LogP contribution in [0.2, 0.25) is 0 Å². The van der Waals surface area contributed by atoms with E-state index in [1.807, 2.05) is 0 Å². The van der Waals surface area contributed by atoms with E-state index in [0.717, 1.165) is 5.56 Å². The van der Waals surface area contributed by atoms with Gasteiger partial charge in [0.25, 0.3) is 20.2 Å². The predicted octanol–water partition coefficient (Wildman–Crippen LogP) is 2.65. The highest BCUT2D eigenvalue weighted by Crippen LogP contribution is 2.30. The van der Waals surface area contributed by atoms with Crippen LogP contribution in [-0.4, -0.2) is 38.3 Å². The van der Waals surface area contributed by atoms with Gasteiger partial charge >= 0.3 is 0 Å². The topological polar surface area (TPSA) is 118 Å². The molecule has 0 spiro atoms. The summed E-state index contributed by atoms with van der Waals surface area (Å²) in [4.78, 5) is -0.195. The van der Waals surface area contributed by atoms with Gasteiger partial charge in [-0.2, -0.15) is 16.8 Å². The molecular weight excluding hydrogens is 368 g/mol. The summed E-state index contributed by atoms with van der Waals surface area (Å²) >= 11 is 0. The SMILES string of the molecule is O=S(=O)(O)CCCCOc1ccccc1-c1ccc(S(=O)(=O)O)cc1. The van der Waals surface area contributed by atoms with Crippen molar-refractivity contribution >= 4 is 20.2 Å². The van der Waals surface area contributed by atoms with Gasteiger partial charge in [0.2, 0.25) is 0 Å². The zero-order valence-corrected chi connectivity index (χ0v) is 14.8. The lowest BCUT2D eigenvalue weighted by Crippen LogP contribution is -2.06. The number of unbranched alkanes of at least 4 members (excludes halogenated alkanes) is 1. The van der Waals surface area contributed by atoms with E-state index in [1.165, 1.54) is 12.1 Å². The highest BCUT2D eigenvalue weighted by Gasteiger charge is 2.11. The Bertz CT molecular complexity index is 917. The quantitative estimate of drug-likeness (QED) is 0.529. The van der Waals surface area contributed by atoms with Gasteiger partial charge in [-0.05, 0) is 36.6 Å². The van der Waals surface area contributed by atoms with Crippen molar-refractivity contribution in [1.29, 1.82) is 0 Å². The molecule has 0 amide bonds. The maximum absolute atomic E-state index is 11.1. The van der Waals surface area contributed by atoms with Gasteiger partial charge in [-0.3, -0.25) is 9.11 Å². The number of rotatable bonds is 8. The molecule has 0 saturated heterocycles. The Kier molecular flexibility index (Phi) is 6.17. The maximum Gasteiger partial charge on any atom is 0.294 e. The maximum atomic E-state index is 11.1. The summed E-state index contributed by atoms with van der Waals surface area (Å²) in [7, 11) is -8.21. The van der Waals surface area contributed by atoms with Crippen LogP contribution in [-0.2, 0) is 20.2 Å². The molecule has 0 aromatic heterocycles. The second kappa shape index (κ2) is 7.96. The predicted molar refractivity (Wildman–Crippen MR) is 92.8 cm³/mol. The van der Waals surface area contributed by atoms with E-state index in [-0.39, 0.29) is 23.7 Å². The molecule has 0 aliphatic rings. The van der Waals surface area contributed by atoms with Crippen LogP contribution < -0.4 is 4.74 Å². The van der Waals surface area contributed by atoms with Crippen molar-refractivity contribution in [3.8, 4) is 16.9 Å². The first-order chi connectivity index (χ1) is 11.7. The van der Waals surface area contributed by atoms with E-state index in [1.54, 1.807) is 36.4 Å². The fourth-order valence-electron chi connectivity index (χ4n) is 2.21. The standard InChI is InChI=1S/C16H18O7S2/c17-24(18,19)12-4-3-11-23-16-6-2-1-5-15(16)13-7-9-14(10-8-13)25(20,21)22/h1-2,5-10H,3-4,11-12H2,(H,17,18,19)(H,20,21,22). The van der Waals surface area contributed by atoms with Crippen LogP contribution in [0, 0.1) is 0 Å². The second-order valence-electron chi connectivity index (χ2n) is 5.34. The third kappa shape index (κ3) is 6.13. The normalized spacial score (nSPS) is 12.1. The van der Waals surface area contributed by atoms with Crippen molar-refractivity contribution in [3.63, 3.8) is 0 Å².